The smallest absolute Gasteiger partial charge is 0.0792 e. The standard InChI is InChI=1S/C7H14N2O/c1-6(9-8-4)5-7(2,3)10/h5,10H,1-4H3/b6-5+,9-8?. The van der Waals surface area contributed by atoms with Crippen LogP contribution in [0.15, 0.2) is 22.0 Å². The molecule has 0 aliphatic rings. The molecule has 3 nitrogen and oxygen atoms in total. The summed E-state index contributed by atoms with van der Waals surface area (Å²) in [7, 11) is 1.60. The van der Waals surface area contributed by atoms with Gasteiger partial charge in [0.25, 0.3) is 0 Å². The van der Waals surface area contributed by atoms with Crippen LogP contribution in [0.3, 0.4) is 0 Å². The second kappa shape index (κ2) is 3.46. The van der Waals surface area contributed by atoms with Crippen molar-refractivity contribution in [2.24, 2.45) is 10.2 Å². The minimum atomic E-state index is -0.793. The molecule has 0 amide bonds. The molecule has 0 unspecified atom stereocenters. The Labute approximate surface area is 61.5 Å². The van der Waals surface area contributed by atoms with Crippen LogP contribution in [0.25, 0.3) is 0 Å². The average molecular weight is 142 g/mol. The Bertz CT molecular complexity index is 153. The quantitative estimate of drug-likeness (QED) is 0.586. The zero-order valence-electron chi connectivity index (χ0n) is 6.92. The van der Waals surface area contributed by atoms with Crippen LogP contribution in [0.4, 0.5) is 0 Å². The van der Waals surface area contributed by atoms with Crippen LogP contribution in [0.2, 0.25) is 0 Å². The van der Waals surface area contributed by atoms with Crippen LogP contribution >= 0.6 is 0 Å². The van der Waals surface area contributed by atoms with E-state index in [2.05, 4.69) is 10.2 Å². The molecule has 0 bridgehead atoms. The van der Waals surface area contributed by atoms with E-state index >= 15 is 0 Å². The van der Waals surface area contributed by atoms with Crippen molar-refractivity contribution in [3.63, 3.8) is 0 Å². The summed E-state index contributed by atoms with van der Waals surface area (Å²) in [4.78, 5) is 0. The summed E-state index contributed by atoms with van der Waals surface area (Å²) in [6.45, 7) is 5.19. The predicted molar refractivity (Wildman–Crippen MR) is 40.8 cm³/mol. The van der Waals surface area contributed by atoms with Gasteiger partial charge in [0.2, 0.25) is 0 Å². The van der Waals surface area contributed by atoms with Crippen LogP contribution in [-0.4, -0.2) is 17.8 Å². The van der Waals surface area contributed by atoms with Gasteiger partial charge in [-0.15, -0.1) is 0 Å². The van der Waals surface area contributed by atoms with E-state index in [-0.39, 0.29) is 0 Å². The Balaban J connectivity index is 4.17. The van der Waals surface area contributed by atoms with Crippen molar-refractivity contribution in [2.75, 3.05) is 7.05 Å². The fourth-order valence-electron chi connectivity index (χ4n) is 0.698. The van der Waals surface area contributed by atoms with Gasteiger partial charge in [-0.3, -0.25) is 0 Å². The van der Waals surface area contributed by atoms with Crippen molar-refractivity contribution >= 4 is 0 Å². The molecule has 3 heteroatoms. The van der Waals surface area contributed by atoms with Crippen molar-refractivity contribution in [3.8, 4) is 0 Å². The first-order valence-corrected chi connectivity index (χ1v) is 3.17. The maximum atomic E-state index is 9.24. The number of hydrogen-bond acceptors (Lipinski definition) is 3. The molecule has 0 aromatic carbocycles. The summed E-state index contributed by atoms with van der Waals surface area (Å²) in [5, 5.41) is 16.5. The van der Waals surface area contributed by atoms with E-state index in [1.807, 2.05) is 0 Å². The first-order chi connectivity index (χ1) is 4.45. The topological polar surface area (TPSA) is 45.0 Å². The summed E-state index contributed by atoms with van der Waals surface area (Å²) in [5.41, 5.74) is -0.0619. The second-order valence-corrected chi connectivity index (χ2v) is 2.74. The van der Waals surface area contributed by atoms with Crippen LogP contribution in [0.1, 0.15) is 20.8 Å². The molecular formula is C7H14N2O. The molecule has 0 heterocycles. The highest BCUT2D eigenvalue weighted by molar-refractivity contribution is 5.03. The highest BCUT2D eigenvalue weighted by Gasteiger charge is 2.07. The van der Waals surface area contributed by atoms with Gasteiger partial charge in [0.15, 0.2) is 0 Å². The van der Waals surface area contributed by atoms with E-state index in [0.29, 0.717) is 0 Å². The lowest BCUT2D eigenvalue weighted by Gasteiger charge is -2.10. The van der Waals surface area contributed by atoms with Crippen molar-refractivity contribution in [1.82, 2.24) is 0 Å². The van der Waals surface area contributed by atoms with Crippen molar-refractivity contribution in [1.29, 1.82) is 0 Å². The number of aliphatic hydroxyl groups is 1. The molecule has 0 saturated heterocycles. The fraction of sp³-hybridized carbons (Fsp3) is 0.714. The first kappa shape index (κ1) is 9.30. The van der Waals surface area contributed by atoms with Gasteiger partial charge in [-0.25, -0.2) is 0 Å². The predicted octanol–water partition coefficient (Wildman–Crippen LogP) is 1.74. The number of hydrogen-bond donors (Lipinski definition) is 1. The molecule has 0 rings (SSSR count). The average Bonchev–Trinajstić information content (AvgIpc) is 1.59. The Hall–Kier alpha value is -0.700. The van der Waals surface area contributed by atoms with E-state index in [9.17, 15) is 5.11 Å². The lowest BCUT2D eigenvalue weighted by Crippen LogP contribution is -2.14. The number of rotatable bonds is 2. The zero-order chi connectivity index (χ0) is 8.20. The van der Waals surface area contributed by atoms with Crippen LogP contribution in [0, 0.1) is 0 Å². The van der Waals surface area contributed by atoms with Gasteiger partial charge in [-0.2, -0.15) is 10.2 Å². The zero-order valence-corrected chi connectivity index (χ0v) is 6.92. The maximum Gasteiger partial charge on any atom is 0.0792 e. The third-order valence-electron chi connectivity index (χ3n) is 0.820. The lowest BCUT2D eigenvalue weighted by atomic mass is 10.1. The second-order valence-electron chi connectivity index (χ2n) is 2.74. The van der Waals surface area contributed by atoms with Crippen molar-refractivity contribution < 1.29 is 5.11 Å². The number of nitrogens with zero attached hydrogens (tertiary/aromatic N) is 2. The van der Waals surface area contributed by atoms with Gasteiger partial charge in [-0.05, 0) is 26.8 Å². The molecule has 0 aliphatic heterocycles. The van der Waals surface area contributed by atoms with E-state index in [1.165, 1.54) is 0 Å². The Morgan fingerprint density at radius 1 is 1.50 bits per heavy atom. The molecular weight excluding hydrogens is 128 g/mol. The van der Waals surface area contributed by atoms with Gasteiger partial charge in [-0.1, -0.05) is 0 Å². The summed E-state index contributed by atoms with van der Waals surface area (Å²) < 4.78 is 0. The lowest BCUT2D eigenvalue weighted by molar-refractivity contribution is 0.132. The minimum absolute atomic E-state index is 0.731. The van der Waals surface area contributed by atoms with Gasteiger partial charge in [0.1, 0.15) is 0 Å². The normalized spacial score (nSPS) is 14.7. The van der Waals surface area contributed by atoms with Crippen LogP contribution in [0.5, 0.6) is 0 Å². The SMILES string of the molecule is CN=N/C(C)=C/C(C)(C)O. The molecule has 1 N–H and O–H groups in total. The largest absolute Gasteiger partial charge is 0.386 e. The highest BCUT2D eigenvalue weighted by atomic mass is 16.3. The number of azo groups is 1. The Morgan fingerprint density at radius 2 is 2.00 bits per heavy atom. The summed E-state index contributed by atoms with van der Waals surface area (Å²) in [6, 6.07) is 0. The number of allylic oxidation sites excluding steroid dienone is 1. The van der Waals surface area contributed by atoms with Crippen molar-refractivity contribution in [3.05, 3.63) is 11.8 Å². The monoisotopic (exact) mass is 142 g/mol. The molecule has 10 heavy (non-hydrogen) atoms. The third kappa shape index (κ3) is 5.44. The molecule has 58 valence electrons. The Morgan fingerprint density at radius 3 is 2.30 bits per heavy atom. The Kier molecular flexibility index (Phi) is 3.22. The molecule has 0 saturated carbocycles. The molecule has 0 fully saturated rings. The van der Waals surface area contributed by atoms with Gasteiger partial charge >= 0.3 is 0 Å². The highest BCUT2D eigenvalue weighted by Crippen LogP contribution is 2.07. The first-order valence-electron chi connectivity index (χ1n) is 3.17. The van der Waals surface area contributed by atoms with Crippen molar-refractivity contribution in [2.45, 2.75) is 26.4 Å². The van der Waals surface area contributed by atoms with E-state index in [4.69, 9.17) is 0 Å². The third-order valence-corrected chi connectivity index (χ3v) is 0.820. The van der Waals surface area contributed by atoms with Gasteiger partial charge in [0, 0.05) is 7.05 Å². The molecule has 0 aromatic rings. The minimum Gasteiger partial charge on any atom is -0.386 e. The molecule has 0 aromatic heterocycles. The van der Waals surface area contributed by atoms with Gasteiger partial charge in [0.05, 0.1) is 11.3 Å². The fourth-order valence-corrected chi connectivity index (χ4v) is 0.698. The maximum absolute atomic E-state index is 9.24. The molecule has 0 spiro atoms. The molecule has 0 aliphatic carbocycles. The molecule has 0 atom stereocenters. The summed E-state index contributed by atoms with van der Waals surface area (Å²) >= 11 is 0. The van der Waals surface area contributed by atoms with Crippen LogP contribution in [-0.2, 0) is 0 Å². The summed E-state index contributed by atoms with van der Waals surface area (Å²) in [5.74, 6) is 0. The molecule has 0 radical (unpaired) electrons. The summed E-state index contributed by atoms with van der Waals surface area (Å²) in [6.07, 6.45) is 1.65. The van der Waals surface area contributed by atoms with E-state index in [1.54, 1.807) is 33.9 Å². The van der Waals surface area contributed by atoms with Gasteiger partial charge < -0.3 is 5.11 Å². The van der Waals surface area contributed by atoms with E-state index in [0.717, 1.165) is 5.70 Å². The van der Waals surface area contributed by atoms with E-state index < -0.39 is 5.60 Å². The van der Waals surface area contributed by atoms with Crippen LogP contribution < -0.4 is 0 Å².